The van der Waals surface area contributed by atoms with E-state index >= 15 is 0 Å². The van der Waals surface area contributed by atoms with Gasteiger partial charge in [-0.3, -0.25) is 9.59 Å². The average Bonchev–Trinajstić information content (AvgIpc) is 2.65. The first-order valence-corrected chi connectivity index (χ1v) is 6.90. The van der Waals surface area contributed by atoms with Crippen LogP contribution in [0.3, 0.4) is 0 Å². The molecule has 0 atom stereocenters. The topological polar surface area (TPSA) is 49.9 Å². The Kier molecular flexibility index (Phi) is 4.99. The summed E-state index contributed by atoms with van der Waals surface area (Å²) in [4.78, 5) is 26.7. The molecular formula is C13H22N2O3. The van der Waals surface area contributed by atoms with Crippen molar-refractivity contribution in [2.75, 3.05) is 33.0 Å². The van der Waals surface area contributed by atoms with Crippen molar-refractivity contribution >= 4 is 11.8 Å². The Bertz CT molecular complexity index is 307. The highest BCUT2D eigenvalue weighted by Gasteiger charge is 2.20. The van der Waals surface area contributed by atoms with Crippen LogP contribution in [-0.2, 0) is 14.3 Å². The SMILES string of the molecule is O=C1CCCN1CCOCN1CCCCCC1=O. The van der Waals surface area contributed by atoms with Gasteiger partial charge in [-0.2, -0.15) is 0 Å². The minimum Gasteiger partial charge on any atom is -0.359 e. The Morgan fingerprint density at radius 3 is 2.39 bits per heavy atom. The summed E-state index contributed by atoms with van der Waals surface area (Å²) in [6.45, 7) is 3.21. The normalized spacial score (nSPS) is 21.6. The summed E-state index contributed by atoms with van der Waals surface area (Å²) >= 11 is 0. The fourth-order valence-electron chi connectivity index (χ4n) is 2.46. The Morgan fingerprint density at radius 1 is 0.889 bits per heavy atom. The van der Waals surface area contributed by atoms with E-state index in [4.69, 9.17) is 4.74 Å². The molecule has 2 aliphatic heterocycles. The monoisotopic (exact) mass is 254 g/mol. The second kappa shape index (κ2) is 6.73. The summed E-state index contributed by atoms with van der Waals surface area (Å²) in [6, 6.07) is 0. The van der Waals surface area contributed by atoms with Gasteiger partial charge in [0.2, 0.25) is 11.8 Å². The summed E-state index contributed by atoms with van der Waals surface area (Å²) in [5, 5.41) is 0. The van der Waals surface area contributed by atoms with Gasteiger partial charge in [-0.25, -0.2) is 0 Å². The zero-order valence-corrected chi connectivity index (χ0v) is 10.9. The standard InChI is InChI=1S/C13H22N2O3/c16-12-6-4-8-14(12)9-10-18-11-15-7-3-1-2-5-13(15)17/h1-11H2. The summed E-state index contributed by atoms with van der Waals surface area (Å²) in [7, 11) is 0. The van der Waals surface area contributed by atoms with Crippen LogP contribution < -0.4 is 0 Å². The minimum atomic E-state index is 0.199. The smallest absolute Gasteiger partial charge is 0.224 e. The summed E-state index contributed by atoms with van der Waals surface area (Å²) in [6.07, 6.45) is 5.48. The lowest BCUT2D eigenvalue weighted by Gasteiger charge is -2.21. The molecular weight excluding hydrogens is 232 g/mol. The summed E-state index contributed by atoms with van der Waals surface area (Å²) in [5.41, 5.74) is 0. The molecule has 102 valence electrons. The van der Waals surface area contributed by atoms with E-state index in [9.17, 15) is 9.59 Å². The molecule has 0 spiro atoms. The molecule has 0 saturated carbocycles. The van der Waals surface area contributed by atoms with Gasteiger partial charge in [0.15, 0.2) is 0 Å². The Labute approximate surface area is 108 Å². The molecule has 2 heterocycles. The molecule has 5 nitrogen and oxygen atoms in total. The zero-order valence-electron chi connectivity index (χ0n) is 10.9. The molecule has 0 aromatic heterocycles. The van der Waals surface area contributed by atoms with E-state index in [0.29, 0.717) is 32.7 Å². The minimum absolute atomic E-state index is 0.199. The third kappa shape index (κ3) is 3.70. The van der Waals surface area contributed by atoms with Gasteiger partial charge in [0.25, 0.3) is 0 Å². The van der Waals surface area contributed by atoms with Crippen LogP contribution in [-0.4, -0.2) is 54.6 Å². The third-order valence-electron chi connectivity index (χ3n) is 3.60. The zero-order chi connectivity index (χ0) is 12.8. The van der Waals surface area contributed by atoms with Crippen LogP contribution in [0.1, 0.15) is 38.5 Å². The third-order valence-corrected chi connectivity index (χ3v) is 3.60. The molecule has 2 saturated heterocycles. The number of amides is 2. The van der Waals surface area contributed by atoms with Gasteiger partial charge < -0.3 is 14.5 Å². The number of nitrogens with zero attached hydrogens (tertiary/aromatic N) is 2. The lowest BCUT2D eigenvalue weighted by atomic mass is 10.2. The molecule has 2 rings (SSSR count). The van der Waals surface area contributed by atoms with Crippen molar-refractivity contribution in [2.24, 2.45) is 0 Å². The number of carbonyl (C=O) groups excluding carboxylic acids is 2. The molecule has 2 amide bonds. The molecule has 0 aromatic rings. The number of rotatable bonds is 5. The summed E-state index contributed by atoms with van der Waals surface area (Å²) < 4.78 is 5.52. The van der Waals surface area contributed by atoms with Gasteiger partial charge in [0.05, 0.1) is 6.61 Å². The van der Waals surface area contributed by atoms with E-state index in [0.717, 1.165) is 38.8 Å². The maximum absolute atomic E-state index is 11.7. The van der Waals surface area contributed by atoms with Crippen LogP contribution in [0.25, 0.3) is 0 Å². The predicted molar refractivity (Wildman–Crippen MR) is 66.8 cm³/mol. The molecule has 0 aliphatic carbocycles. The second-order valence-corrected chi connectivity index (χ2v) is 4.99. The Hall–Kier alpha value is -1.10. The maximum Gasteiger partial charge on any atom is 0.224 e. The predicted octanol–water partition coefficient (Wildman–Crippen LogP) is 0.985. The molecule has 0 radical (unpaired) electrons. The van der Waals surface area contributed by atoms with Crippen molar-refractivity contribution in [3.63, 3.8) is 0 Å². The van der Waals surface area contributed by atoms with Gasteiger partial charge in [-0.1, -0.05) is 6.42 Å². The van der Waals surface area contributed by atoms with Gasteiger partial charge in [-0.15, -0.1) is 0 Å². The average molecular weight is 254 g/mol. The van der Waals surface area contributed by atoms with Gasteiger partial charge in [-0.05, 0) is 19.3 Å². The van der Waals surface area contributed by atoms with E-state index in [2.05, 4.69) is 0 Å². The van der Waals surface area contributed by atoms with E-state index in [1.807, 2.05) is 4.90 Å². The van der Waals surface area contributed by atoms with E-state index < -0.39 is 0 Å². The first kappa shape index (κ1) is 13.3. The highest BCUT2D eigenvalue weighted by atomic mass is 16.5. The molecule has 0 bridgehead atoms. The molecule has 0 aromatic carbocycles. The van der Waals surface area contributed by atoms with Crippen molar-refractivity contribution in [1.29, 1.82) is 0 Å². The highest BCUT2D eigenvalue weighted by molar-refractivity contribution is 5.78. The van der Waals surface area contributed by atoms with Crippen LogP contribution in [0.2, 0.25) is 0 Å². The number of ether oxygens (including phenoxy) is 1. The second-order valence-electron chi connectivity index (χ2n) is 4.99. The lowest BCUT2D eigenvalue weighted by Crippen LogP contribution is -2.34. The Morgan fingerprint density at radius 2 is 1.61 bits per heavy atom. The molecule has 5 heteroatoms. The molecule has 2 fully saturated rings. The van der Waals surface area contributed by atoms with Crippen molar-refractivity contribution in [2.45, 2.75) is 38.5 Å². The number of carbonyl (C=O) groups is 2. The Balaban J connectivity index is 1.62. The van der Waals surface area contributed by atoms with Crippen LogP contribution in [0.15, 0.2) is 0 Å². The lowest BCUT2D eigenvalue weighted by molar-refractivity contribution is -0.137. The van der Waals surface area contributed by atoms with Crippen molar-refractivity contribution < 1.29 is 14.3 Å². The van der Waals surface area contributed by atoms with E-state index in [-0.39, 0.29) is 11.8 Å². The first-order chi connectivity index (χ1) is 8.77. The van der Waals surface area contributed by atoms with Crippen LogP contribution in [0.4, 0.5) is 0 Å². The molecule has 2 aliphatic rings. The van der Waals surface area contributed by atoms with E-state index in [1.54, 1.807) is 4.90 Å². The quantitative estimate of drug-likeness (QED) is 0.687. The fourth-order valence-corrected chi connectivity index (χ4v) is 2.46. The number of likely N-dealkylation sites (tertiary alicyclic amines) is 2. The van der Waals surface area contributed by atoms with E-state index in [1.165, 1.54) is 0 Å². The van der Waals surface area contributed by atoms with Crippen molar-refractivity contribution in [3.05, 3.63) is 0 Å². The van der Waals surface area contributed by atoms with Gasteiger partial charge in [0, 0.05) is 32.5 Å². The molecule has 0 N–H and O–H groups in total. The van der Waals surface area contributed by atoms with Crippen molar-refractivity contribution in [3.8, 4) is 0 Å². The molecule has 18 heavy (non-hydrogen) atoms. The highest BCUT2D eigenvalue weighted by Crippen LogP contribution is 2.11. The summed E-state index contributed by atoms with van der Waals surface area (Å²) in [5.74, 6) is 0.425. The van der Waals surface area contributed by atoms with Crippen LogP contribution in [0.5, 0.6) is 0 Å². The number of hydrogen-bond acceptors (Lipinski definition) is 3. The van der Waals surface area contributed by atoms with Crippen molar-refractivity contribution in [1.82, 2.24) is 9.80 Å². The fraction of sp³-hybridized carbons (Fsp3) is 0.846. The van der Waals surface area contributed by atoms with Gasteiger partial charge >= 0.3 is 0 Å². The molecule has 0 unspecified atom stereocenters. The maximum atomic E-state index is 11.7. The number of hydrogen-bond donors (Lipinski definition) is 0. The van der Waals surface area contributed by atoms with Crippen LogP contribution in [0, 0.1) is 0 Å². The first-order valence-electron chi connectivity index (χ1n) is 6.90. The largest absolute Gasteiger partial charge is 0.359 e. The van der Waals surface area contributed by atoms with Crippen LogP contribution >= 0.6 is 0 Å². The van der Waals surface area contributed by atoms with Gasteiger partial charge in [0.1, 0.15) is 6.73 Å².